The van der Waals surface area contributed by atoms with Gasteiger partial charge in [0.1, 0.15) is 10.8 Å². The van der Waals surface area contributed by atoms with Crippen molar-refractivity contribution < 1.29 is 13.6 Å². The number of benzene rings is 2. The molecule has 0 saturated carbocycles. The highest BCUT2D eigenvalue weighted by Crippen LogP contribution is 2.31. The summed E-state index contributed by atoms with van der Waals surface area (Å²) in [7, 11) is 0. The van der Waals surface area contributed by atoms with Gasteiger partial charge in [-0.05, 0) is 24.3 Å². The number of aromatic nitrogens is 3. The molecular formula is C22H19FN4O2S. The monoisotopic (exact) mass is 422 g/mol. The van der Waals surface area contributed by atoms with E-state index in [1.165, 1.54) is 23.6 Å². The van der Waals surface area contributed by atoms with E-state index in [4.69, 9.17) is 4.42 Å². The predicted molar refractivity (Wildman–Crippen MR) is 114 cm³/mol. The van der Waals surface area contributed by atoms with Crippen molar-refractivity contribution in [2.75, 3.05) is 5.32 Å². The summed E-state index contributed by atoms with van der Waals surface area (Å²) in [5.74, 6) is -0.242. The molecule has 6 nitrogen and oxygen atoms in total. The van der Waals surface area contributed by atoms with Crippen LogP contribution >= 0.6 is 11.3 Å². The van der Waals surface area contributed by atoms with Crippen LogP contribution in [0.2, 0.25) is 0 Å². The van der Waals surface area contributed by atoms with Crippen LogP contribution in [0.15, 0.2) is 59.1 Å². The third-order valence-electron chi connectivity index (χ3n) is 4.33. The number of nitrogens with one attached hydrogen (secondary N) is 1. The van der Waals surface area contributed by atoms with E-state index >= 15 is 0 Å². The number of anilines is 1. The molecular weight excluding hydrogens is 403 g/mol. The lowest BCUT2D eigenvalue weighted by Crippen LogP contribution is -2.13. The van der Waals surface area contributed by atoms with Crippen molar-refractivity contribution >= 4 is 22.4 Å². The second-order valence-electron chi connectivity index (χ2n) is 7.67. The van der Waals surface area contributed by atoms with Gasteiger partial charge in [-0.15, -0.1) is 10.2 Å². The van der Waals surface area contributed by atoms with Gasteiger partial charge < -0.3 is 4.42 Å². The Kier molecular flexibility index (Phi) is 5.17. The highest BCUT2D eigenvalue weighted by atomic mass is 32.1. The Morgan fingerprint density at radius 1 is 1.03 bits per heavy atom. The Hall–Kier alpha value is -3.39. The molecule has 2 aromatic heterocycles. The van der Waals surface area contributed by atoms with E-state index in [1.807, 2.05) is 20.8 Å². The van der Waals surface area contributed by atoms with E-state index in [1.54, 1.807) is 42.5 Å². The first-order valence-electron chi connectivity index (χ1n) is 9.28. The lowest BCUT2D eigenvalue weighted by atomic mass is 9.98. The average molecular weight is 422 g/mol. The van der Waals surface area contributed by atoms with Crippen molar-refractivity contribution in [1.82, 2.24) is 15.2 Å². The zero-order chi connectivity index (χ0) is 21.3. The second kappa shape index (κ2) is 7.79. The van der Waals surface area contributed by atoms with Crippen LogP contribution in [0.25, 0.3) is 22.8 Å². The van der Waals surface area contributed by atoms with E-state index in [0.717, 1.165) is 5.01 Å². The number of halogens is 1. The first-order valence-corrected chi connectivity index (χ1v) is 10.1. The summed E-state index contributed by atoms with van der Waals surface area (Å²) in [4.78, 5) is 17.1. The van der Waals surface area contributed by atoms with Crippen molar-refractivity contribution in [3.05, 3.63) is 71.1 Å². The van der Waals surface area contributed by atoms with Gasteiger partial charge in [0.2, 0.25) is 11.0 Å². The minimum absolute atomic E-state index is 0.153. The molecule has 0 aliphatic carbocycles. The minimum atomic E-state index is -0.405. The van der Waals surface area contributed by atoms with Crippen molar-refractivity contribution in [3.8, 4) is 22.8 Å². The van der Waals surface area contributed by atoms with Gasteiger partial charge in [0, 0.05) is 11.0 Å². The summed E-state index contributed by atoms with van der Waals surface area (Å²) < 4.78 is 19.8. The van der Waals surface area contributed by atoms with Crippen LogP contribution in [0.1, 0.15) is 36.1 Å². The highest BCUT2D eigenvalue weighted by Gasteiger charge is 2.22. The molecule has 2 heterocycles. The summed E-state index contributed by atoms with van der Waals surface area (Å²) >= 11 is 1.33. The van der Waals surface area contributed by atoms with Crippen molar-refractivity contribution in [1.29, 1.82) is 0 Å². The van der Waals surface area contributed by atoms with E-state index in [0.29, 0.717) is 21.8 Å². The van der Waals surface area contributed by atoms with Gasteiger partial charge in [-0.2, -0.15) is 0 Å². The largest absolute Gasteiger partial charge is 0.436 e. The third-order valence-corrected chi connectivity index (χ3v) is 5.60. The standard InChI is InChI=1S/C22H19FN4O2S/c1-22(2,3)20-26-27-21(30-20)25-18(28)13-8-4-5-9-14(13)19-24-12-17(29-19)15-10-6-7-11-16(15)23/h4-12H,1-3H3,(H,25,27,28). The van der Waals surface area contributed by atoms with Crippen LogP contribution in [-0.4, -0.2) is 21.1 Å². The molecule has 0 fully saturated rings. The molecule has 2 aromatic carbocycles. The van der Waals surface area contributed by atoms with Gasteiger partial charge in [0.15, 0.2) is 5.76 Å². The maximum atomic E-state index is 14.1. The van der Waals surface area contributed by atoms with Gasteiger partial charge >= 0.3 is 0 Å². The molecule has 0 bridgehead atoms. The van der Waals surface area contributed by atoms with E-state index in [-0.39, 0.29) is 23.0 Å². The summed E-state index contributed by atoms with van der Waals surface area (Å²) in [6.07, 6.45) is 1.45. The molecule has 0 radical (unpaired) electrons. The van der Waals surface area contributed by atoms with Gasteiger partial charge in [0.25, 0.3) is 5.91 Å². The summed E-state index contributed by atoms with van der Waals surface area (Å²) in [6, 6.07) is 13.2. The van der Waals surface area contributed by atoms with Crippen LogP contribution in [0.5, 0.6) is 0 Å². The van der Waals surface area contributed by atoms with E-state index in [2.05, 4.69) is 20.5 Å². The number of carbonyl (C=O) groups is 1. The number of amides is 1. The molecule has 0 atom stereocenters. The number of rotatable bonds is 4. The Labute approximate surface area is 176 Å². The maximum Gasteiger partial charge on any atom is 0.258 e. The summed E-state index contributed by atoms with van der Waals surface area (Å²) in [6.45, 7) is 6.10. The minimum Gasteiger partial charge on any atom is -0.436 e. The smallest absolute Gasteiger partial charge is 0.258 e. The fraction of sp³-hybridized carbons (Fsp3) is 0.182. The van der Waals surface area contributed by atoms with Gasteiger partial charge in [-0.3, -0.25) is 10.1 Å². The van der Waals surface area contributed by atoms with E-state index < -0.39 is 5.82 Å². The number of oxazole rings is 1. The lowest BCUT2D eigenvalue weighted by molar-refractivity contribution is 0.102. The topological polar surface area (TPSA) is 80.9 Å². The second-order valence-corrected chi connectivity index (χ2v) is 8.65. The molecule has 4 rings (SSSR count). The van der Waals surface area contributed by atoms with Crippen LogP contribution in [0.4, 0.5) is 9.52 Å². The van der Waals surface area contributed by atoms with Gasteiger partial charge in [-0.1, -0.05) is 56.4 Å². The van der Waals surface area contributed by atoms with Crippen molar-refractivity contribution in [2.24, 2.45) is 0 Å². The molecule has 8 heteroatoms. The highest BCUT2D eigenvalue weighted by molar-refractivity contribution is 7.15. The molecule has 4 aromatic rings. The fourth-order valence-corrected chi connectivity index (χ4v) is 3.59. The molecule has 0 unspecified atom stereocenters. The Morgan fingerprint density at radius 3 is 2.43 bits per heavy atom. The molecule has 1 amide bonds. The first kappa shape index (κ1) is 19.9. The van der Waals surface area contributed by atoms with Crippen LogP contribution in [0, 0.1) is 5.82 Å². The molecule has 0 spiro atoms. The van der Waals surface area contributed by atoms with Crippen molar-refractivity contribution in [2.45, 2.75) is 26.2 Å². The Bertz CT molecular complexity index is 1210. The Morgan fingerprint density at radius 2 is 1.73 bits per heavy atom. The van der Waals surface area contributed by atoms with Crippen LogP contribution < -0.4 is 5.32 Å². The number of nitrogens with zero attached hydrogens (tertiary/aromatic N) is 3. The number of carbonyl (C=O) groups excluding carboxylic acids is 1. The zero-order valence-electron chi connectivity index (χ0n) is 16.6. The summed E-state index contributed by atoms with van der Waals surface area (Å²) in [5.41, 5.74) is 1.02. The molecule has 30 heavy (non-hydrogen) atoms. The third kappa shape index (κ3) is 3.99. The normalized spacial score (nSPS) is 11.5. The molecule has 0 aliphatic rings. The molecule has 0 saturated heterocycles. The molecule has 1 N–H and O–H groups in total. The van der Waals surface area contributed by atoms with Gasteiger partial charge in [-0.25, -0.2) is 9.37 Å². The average Bonchev–Trinajstić information content (AvgIpc) is 3.38. The molecule has 0 aliphatic heterocycles. The van der Waals surface area contributed by atoms with Crippen LogP contribution in [0.3, 0.4) is 0 Å². The van der Waals surface area contributed by atoms with Gasteiger partial charge in [0.05, 0.1) is 17.3 Å². The number of hydrogen-bond acceptors (Lipinski definition) is 6. The van der Waals surface area contributed by atoms with Crippen molar-refractivity contribution in [3.63, 3.8) is 0 Å². The first-order chi connectivity index (χ1) is 14.3. The fourth-order valence-electron chi connectivity index (χ4n) is 2.79. The zero-order valence-corrected chi connectivity index (χ0v) is 17.5. The van der Waals surface area contributed by atoms with E-state index in [9.17, 15) is 9.18 Å². The quantitative estimate of drug-likeness (QED) is 0.466. The van der Waals surface area contributed by atoms with Crippen LogP contribution in [-0.2, 0) is 5.41 Å². The maximum absolute atomic E-state index is 14.1. The number of hydrogen-bond donors (Lipinski definition) is 1. The SMILES string of the molecule is CC(C)(C)c1nnc(NC(=O)c2ccccc2-c2ncc(-c3ccccc3F)o2)s1. The molecule has 152 valence electrons. The Balaban J connectivity index is 1.63. The predicted octanol–water partition coefficient (Wildman–Crippen LogP) is 5.55. The summed E-state index contributed by atoms with van der Waals surface area (Å²) in [5, 5.41) is 12.2. The lowest BCUT2D eigenvalue weighted by Gasteiger charge is -2.12.